The van der Waals surface area contributed by atoms with Gasteiger partial charge in [-0.3, -0.25) is 9.59 Å². The lowest BCUT2D eigenvalue weighted by Gasteiger charge is -2.49. The Balaban J connectivity index is 1.20. The first kappa shape index (κ1) is 35.4. The number of β-amino-alcohol motifs (C(OH)–C–C–N with tert-alkyl or cyclic N) is 1. The minimum atomic E-state index is -0.993. The van der Waals surface area contributed by atoms with E-state index < -0.39 is 22.7 Å². The first-order valence-corrected chi connectivity index (χ1v) is 18.8. The van der Waals surface area contributed by atoms with Crippen LogP contribution in [0.4, 0.5) is 5.69 Å². The van der Waals surface area contributed by atoms with E-state index >= 15 is 0 Å². The van der Waals surface area contributed by atoms with Crippen LogP contribution < -0.4 is 15.0 Å². The average molecular weight is 692 g/mol. The van der Waals surface area contributed by atoms with Crippen LogP contribution in [-0.2, 0) is 11.2 Å². The zero-order valence-corrected chi connectivity index (χ0v) is 30.4. The van der Waals surface area contributed by atoms with Crippen LogP contribution in [0.15, 0.2) is 84.4 Å². The van der Waals surface area contributed by atoms with Crippen molar-refractivity contribution in [2.24, 2.45) is 5.41 Å². The van der Waals surface area contributed by atoms with Crippen molar-refractivity contribution in [1.29, 1.82) is 0 Å². The summed E-state index contributed by atoms with van der Waals surface area (Å²) in [6, 6.07) is 23.6. The molecule has 3 aromatic rings. The lowest BCUT2D eigenvalue weighted by Crippen LogP contribution is -2.59. The number of rotatable bonds is 6. The molecule has 3 aliphatic carbocycles. The third-order valence-electron chi connectivity index (χ3n) is 12.8. The number of ketones is 1. The van der Waals surface area contributed by atoms with Gasteiger partial charge in [-0.15, -0.1) is 0 Å². The highest BCUT2D eigenvalue weighted by molar-refractivity contribution is 6.10. The number of hydrogen-bond acceptors (Lipinski definition) is 7. The number of nitrogens with zero attached hydrogens (tertiary/aromatic N) is 2. The van der Waals surface area contributed by atoms with Gasteiger partial charge in [0.25, 0.3) is 0 Å². The van der Waals surface area contributed by atoms with Gasteiger partial charge in [-0.1, -0.05) is 48.9 Å². The number of fused-ring (bicyclic) bond motifs is 8. The standard InChI is InChI=1S/C43H53N3O5/c1-30-8-7-20-41(2)38(36-18-12-31(26-34(47)15-11-30)27-37(36)39(48)32-13-16-35(51-3)17-14-32)19-21-43(41,50)28-45-24-22-42(23-25-45)40(49)44-29-46(42)33-9-5-4-6-10-33/h4-6,8-10,12-14,16-18,27,34,38,47,50H,7,11,15,19-26,28-29H2,1-3H3,(H,44,49). The molecule has 4 unspecified atom stereocenters. The van der Waals surface area contributed by atoms with E-state index in [-0.39, 0.29) is 17.6 Å². The molecule has 2 heterocycles. The molecule has 0 aromatic heterocycles. The maximum atomic E-state index is 14.3. The van der Waals surface area contributed by atoms with Gasteiger partial charge in [0.15, 0.2) is 5.78 Å². The summed E-state index contributed by atoms with van der Waals surface area (Å²) in [5.41, 5.74) is 3.39. The number of ether oxygens (including phenoxy) is 1. The second-order valence-corrected chi connectivity index (χ2v) is 15.7. The lowest BCUT2D eigenvalue weighted by atomic mass is 9.64. The average Bonchev–Trinajstić information content (AvgIpc) is 3.59. The molecule has 1 amide bonds. The molecule has 3 N–H and O–H groups in total. The summed E-state index contributed by atoms with van der Waals surface area (Å²) in [6.45, 7) is 6.85. The number of methoxy groups -OCH3 is 1. The monoisotopic (exact) mass is 691 g/mol. The summed E-state index contributed by atoms with van der Waals surface area (Å²) in [4.78, 5) is 32.3. The minimum absolute atomic E-state index is 0.0411. The van der Waals surface area contributed by atoms with E-state index in [2.05, 4.69) is 59.3 Å². The van der Waals surface area contributed by atoms with Gasteiger partial charge in [0, 0.05) is 41.9 Å². The van der Waals surface area contributed by atoms with Crippen LogP contribution in [0.5, 0.6) is 5.75 Å². The summed E-state index contributed by atoms with van der Waals surface area (Å²) >= 11 is 0. The van der Waals surface area contributed by atoms with E-state index in [1.54, 1.807) is 7.11 Å². The first-order chi connectivity index (χ1) is 24.5. The van der Waals surface area contributed by atoms with Crippen LogP contribution in [0, 0.1) is 5.41 Å². The van der Waals surface area contributed by atoms with E-state index in [9.17, 15) is 19.8 Å². The van der Waals surface area contributed by atoms with Gasteiger partial charge in [-0.05, 0) is 124 Å². The number of allylic oxidation sites excluding steroid dienone is 2. The number of likely N-dealkylation sites (tertiary alicyclic amines) is 1. The van der Waals surface area contributed by atoms with Crippen LogP contribution in [-0.4, -0.2) is 77.5 Å². The molecule has 8 nitrogen and oxygen atoms in total. The number of aliphatic hydroxyl groups is 2. The van der Waals surface area contributed by atoms with E-state index in [1.165, 1.54) is 5.57 Å². The molecule has 51 heavy (non-hydrogen) atoms. The quantitative estimate of drug-likeness (QED) is 0.203. The number of para-hydroxylation sites is 1. The van der Waals surface area contributed by atoms with Crippen molar-refractivity contribution in [3.63, 3.8) is 0 Å². The SMILES string of the molecule is COc1ccc(C(=O)c2cc3ccc2C2CCC(O)(CN4CCC5(CC4)C(=O)NCN5c4ccccc4)C2(C)CCC=C(C)CCC(O)C3)cc1. The second-order valence-electron chi connectivity index (χ2n) is 15.7. The Bertz CT molecular complexity index is 1770. The van der Waals surface area contributed by atoms with Crippen LogP contribution in [0.1, 0.15) is 98.2 Å². The van der Waals surface area contributed by atoms with Gasteiger partial charge in [0.05, 0.1) is 25.5 Å². The number of aliphatic hydroxyl groups excluding tert-OH is 1. The van der Waals surface area contributed by atoms with Crippen LogP contribution >= 0.6 is 0 Å². The number of benzene rings is 3. The number of piperidine rings is 1. The molecular formula is C43H53N3O5. The molecule has 0 radical (unpaired) electrons. The molecule has 8 rings (SSSR count). The van der Waals surface area contributed by atoms with Crippen LogP contribution in [0.25, 0.3) is 0 Å². The molecule has 3 aromatic carbocycles. The normalized spacial score (nSPS) is 28.2. The van der Waals surface area contributed by atoms with Gasteiger partial charge in [0.1, 0.15) is 11.3 Å². The van der Waals surface area contributed by atoms with Crippen molar-refractivity contribution < 1.29 is 24.5 Å². The van der Waals surface area contributed by atoms with E-state index in [0.717, 1.165) is 55.6 Å². The summed E-state index contributed by atoms with van der Waals surface area (Å²) in [7, 11) is 1.62. The van der Waals surface area contributed by atoms with Crippen molar-refractivity contribution in [2.75, 3.05) is 38.3 Å². The topological polar surface area (TPSA) is 102 Å². The number of carbonyl (C=O) groups excluding carboxylic acids is 2. The fraction of sp³-hybridized carbons (Fsp3) is 0.488. The molecule has 3 fully saturated rings. The maximum absolute atomic E-state index is 14.3. The summed E-state index contributed by atoms with van der Waals surface area (Å²) in [5.74, 6) is 0.695. The fourth-order valence-corrected chi connectivity index (χ4v) is 9.58. The van der Waals surface area contributed by atoms with Gasteiger partial charge in [-0.2, -0.15) is 0 Å². The van der Waals surface area contributed by atoms with Crippen molar-refractivity contribution in [3.8, 4) is 5.75 Å². The zero-order chi connectivity index (χ0) is 35.8. The molecule has 2 saturated heterocycles. The Morgan fingerprint density at radius 2 is 1.73 bits per heavy atom. The summed E-state index contributed by atoms with van der Waals surface area (Å²) < 4.78 is 5.36. The summed E-state index contributed by atoms with van der Waals surface area (Å²) in [6.07, 6.45) is 8.11. The largest absolute Gasteiger partial charge is 0.497 e. The Morgan fingerprint density at radius 3 is 2.45 bits per heavy atom. The van der Waals surface area contributed by atoms with Gasteiger partial charge in [0.2, 0.25) is 5.91 Å². The highest BCUT2D eigenvalue weighted by Crippen LogP contribution is 2.59. The molecule has 4 atom stereocenters. The Kier molecular flexibility index (Phi) is 9.87. The molecule has 270 valence electrons. The number of anilines is 1. The van der Waals surface area contributed by atoms with Crippen molar-refractivity contribution in [3.05, 3.63) is 107 Å². The van der Waals surface area contributed by atoms with Gasteiger partial charge >= 0.3 is 0 Å². The second kappa shape index (κ2) is 14.2. The molecule has 1 spiro atoms. The minimum Gasteiger partial charge on any atom is -0.497 e. The third-order valence-corrected chi connectivity index (χ3v) is 12.8. The predicted octanol–water partition coefficient (Wildman–Crippen LogP) is 6.39. The highest BCUT2D eigenvalue weighted by Gasteiger charge is 2.58. The van der Waals surface area contributed by atoms with E-state index in [0.29, 0.717) is 62.2 Å². The van der Waals surface area contributed by atoms with Crippen molar-refractivity contribution in [1.82, 2.24) is 10.2 Å². The smallest absolute Gasteiger partial charge is 0.247 e. The number of nitrogens with one attached hydrogen (secondary N) is 1. The molecule has 2 bridgehead atoms. The molecule has 2 aliphatic heterocycles. The molecule has 8 heteroatoms. The molecule has 5 aliphatic rings. The Morgan fingerprint density at radius 1 is 0.980 bits per heavy atom. The van der Waals surface area contributed by atoms with Crippen LogP contribution in [0.2, 0.25) is 0 Å². The highest BCUT2D eigenvalue weighted by atomic mass is 16.5. The predicted molar refractivity (Wildman–Crippen MR) is 200 cm³/mol. The van der Waals surface area contributed by atoms with Gasteiger partial charge < -0.3 is 30.1 Å². The van der Waals surface area contributed by atoms with Gasteiger partial charge in [-0.25, -0.2) is 0 Å². The fourth-order valence-electron chi connectivity index (χ4n) is 9.58. The molecule has 1 saturated carbocycles. The number of amides is 1. The third kappa shape index (κ3) is 6.62. The Hall–Kier alpha value is -3.98. The van der Waals surface area contributed by atoms with E-state index in [4.69, 9.17) is 4.74 Å². The maximum Gasteiger partial charge on any atom is 0.247 e. The Labute approximate surface area is 302 Å². The van der Waals surface area contributed by atoms with Crippen LogP contribution in [0.3, 0.4) is 0 Å². The molecular weight excluding hydrogens is 638 g/mol. The van der Waals surface area contributed by atoms with Crippen molar-refractivity contribution in [2.45, 2.75) is 94.8 Å². The number of hydrogen-bond donors (Lipinski definition) is 3. The van der Waals surface area contributed by atoms with Crippen molar-refractivity contribution >= 4 is 17.4 Å². The lowest BCUT2D eigenvalue weighted by molar-refractivity contribution is -0.126. The zero-order valence-electron chi connectivity index (χ0n) is 30.4. The summed E-state index contributed by atoms with van der Waals surface area (Å²) in [5, 5.41) is 27.0. The first-order valence-electron chi connectivity index (χ1n) is 18.8. The number of carbonyl (C=O) groups is 2. The van der Waals surface area contributed by atoms with E-state index in [1.807, 2.05) is 48.5 Å².